The van der Waals surface area contributed by atoms with Crippen LogP contribution in [0.5, 0.6) is 0 Å². The van der Waals surface area contributed by atoms with Crippen LogP contribution in [-0.4, -0.2) is 19.5 Å². The number of ether oxygens (including phenoxy) is 1. The monoisotopic (exact) mass is 234 g/mol. The second kappa shape index (κ2) is 5.07. The lowest BCUT2D eigenvalue weighted by molar-refractivity contribution is -0.146. The van der Waals surface area contributed by atoms with Gasteiger partial charge in [0.25, 0.3) is 6.43 Å². The number of benzene rings is 1. The summed E-state index contributed by atoms with van der Waals surface area (Å²) in [6.07, 6.45) is -2.79. The molecule has 0 aliphatic heterocycles. The lowest BCUT2D eigenvalue weighted by atomic mass is 10.00. The van der Waals surface area contributed by atoms with Gasteiger partial charge in [-0.2, -0.15) is 0 Å². The molecule has 1 aromatic carbocycles. The van der Waals surface area contributed by atoms with Crippen LogP contribution in [0.15, 0.2) is 24.3 Å². The summed E-state index contributed by atoms with van der Waals surface area (Å²) in [5, 5.41) is 0.427. The summed E-state index contributed by atoms with van der Waals surface area (Å²) < 4.78 is 29.5. The van der Waals surface area contributed by atoms with Crippen LogP contribution in [0, 0.1) is 0 Å². The Bertz CT molecular complexity index is 338. The Kier molecular flexibility index (Phi) is 4.03. The number of rotatable bonds is 3. The first kappa shape index (κ1) is 11.9. The molecule has 0 unspecified atom stereocenters. The molecule has 0 fully saturated rings. The summed E-state index contributed by atoms with van der Waals surface area (Å²) >= 11 is 5.61. The zero-order chi connectivity index (χ0) is 11.4. The molecule has 1 atom stereocenters. The molecule has 2 nitrogen and oxygen atoms in total. The highest BCUT2D eigenvalue weighted by atomic mass is 35.5. The Hall–Kier alpha value is -1.16. The van der Waals surface area contributed by atoms with E-state index in [-0.39, 0.29) is 5.56 Å². The van der Waals surface area contributed by atoms with Crippen LogP contribution < -0.4 is 0 Å². The number of hydrogen-bond donors (Lipinski definition) is 0. The Morgan fingerprint density at radius 3 is 2.27 bits per heavy atom. The van der Waals surface area contributed by atoms with E-state index in [0.29, 0.717) is 5.02 Å². The summed E-state index contributed by atoms with van der Waals surface area (Å²) in [6, 6.07) is 5.68. The summed E-state index contributed by atoms with van der Waals surface area (Å²) in [6.45, 7) is 0. The second-order valence-corrected chi connectivity index (χ2v) is 3.32. The fourth-order valence-electron chi connectivity index (χ4n) is 1.18. The highest BCUT2D eigenvalue weighted by Gasteiger charge is 2.30. The molecule has 0 saturated heterocycles. The molecule has 1 rings (SSSR count). The number of alkyl halides is 2. The minimum Gasteiger partial charge on any atom is -0.468 e. The van der Waals surface area contributed by atoms with Gasteiger partial charge < -0.3 is 4.74 Å². The third-order valence-corrected chi connectivity index (χ3v) is 2.19. The van der Waals surface area contributed by atoms with E-state index in [1.165, 1.54) is 24.3 Å². The standard InChI is InChI=1S/C10H9ClF2O2/c1-15-10(14)8(9(12)13)6-2-4-7(11)5-3-6/h2-5,8-9H,1H3/t8-/m1/s1. The molecule has 0 bridgehead atoms. The summed E-state index contributed by atoms with van der Waals surface area (Å²) in [7, 11) is 1.08. The van der Waals surface area contributed by atoms with Gasteiger partial charge in [0.2, 0.25) is 0 Å². The molecular weight excluding hydrogens is 226 g/mol. The van der Waals surface area contributed by atoms with Crippen molar-refractivity contribution >= 4 is 17.6 Å². The SMILES string of the molecule is COC(=O)[C@H](c1ccc(Cl)cc1)C(F)F. The van der Waals surface area contributed by atoms with Crippen molar-refractivity contribution in [1.82, 2.24) is 0 Å². The molecule has 0 aliphatic carbocycles. The molecule has 82 valence electrons. The molecule has 0 heterocycles. The third-order valence-electron chi connectivity index (χ3n) is 1.94. The first-order chi connectivity index (χ1) is 7.06. The molecule has 5 heteroatoms. The van der Waals surface area contributed by atoms with Crippen molar-refractivity contribution in [3.63, 3.8) is 0 Å². The van der Waals surface area contributed by atoms with Crippen LogP contribution >= 0.6 is 11.6 Å². The van der Waals surface area contributed by atoms with E-state index < -0.39 is 18.3 Å². The number of esters is 1. The van der Waals surface area contributed by atoms with Gasteiger partial charge in [0.15, 0.2) is 0 Å². The zero-order valence-electron chi connectivity index (χ0n) is 7.91. The lowest BCUT2D eigenvalue weighted by Crippen LogP contribution is -2.21. The van der Waals surface area contributed by atoms with Crippen molar-refractivity contribution in [2.45, 2.75) is 12.3 Å². The van der Waals surface area contributed by atoms with Crippen molar-refractivity contribution in [2.75, 3.05) is 7.11 Å². The quantitative estimate of drug-likeness (QED) is 0.752. The highest BCUT2D eigenvalue weighted by molar-refractivity contribution is 6.30. The molecule has 0 aromatic heterocycles. The fraction of sp³-hybridized carbons (Fsp3) is 0.300. The minimum atomic E-state index is -2.79. The van der Waals surface area contributed by atoms with Gasteiger partial charge in [-0.1, -0.05) is 23.7 Å². The van der Waals surface area contributed by atoms with Gasteiger partial charge in [-0.15, -0.1) is 0 Å². The first-order valence-electron chi connectivity index (χ1n) is 4.17. The van der Waals surface area contributed by atoms with E-state index in [0.717, 1.165) is 7.11 Å². The molecule has 0 saturated carbocycles. The average Bonchev–Trinajstić information content (AvgIpc) is 2.20. The highest BCUT2D eigenvalue weighted by Crippen LogP contribution is 2.25. The van der Waals surface area contributed by atoms with Gasteiger partial charge in [-0.05, 0) is 17.7 Å². The van der Waals surface area contributed by atoms with E-state index in [1.807, 2.05) is 0 Å². The van der Waals surface area contributed by atoms with Crippen LogP contribution in [-0.2, 0) is 9.53 Å². The number of halogens is 3. The molecular formula is C10H9ClF2O2. The van der Waals surface area contributed by atoms with Crippen molar-refractivity contribution < 1.29 is 18.3 Å². The Morgan fingerprint density at radius 2 is 1.87 bits per heavy atom. The molecule has 15 heavy (non-hydrogen) atoms. The Labute approximate surface area is 90.8 Å². The first-order valence-corrected chi connectivity index (χ1v) is 4.55. The van der Waals surface area contributed by atoms with Crippen LogP contribution in [0.2, 0.25) is 5.02 Å². The van der Waals surface area contributed by atoms with Crippen LogP contribution in [0.1, 0.15) is 11.5 Å². The topological polar surface area (TPSA) is 26.3 Å². The lowest BCUT2D eigenvalue weighted by Gasteiger charge is -2.13. The summed E-state index contributed by atoms with van der Waals surface area (Å²) in [5.74, 6) is -2.50. The molecule has 0 N–H and O–H groups in total. The van der Waals surface area contributed by atoms with E-state index in [4.69, 9.17) is 11.6 Å². The normalized spacial score (nSPS) is 12.6. The molecule has 0 spiro atoms. The van der Waals surface area contributed by atoms with Gasteiger partial charge in [0.1, 0.15) is 5.92 Å². The number of carbonyl (C=O) groups excluding carboxylic acids is 1. The molecule has 0 aliphatic rings. The molecule has 0 radical (unpaired) electrons. The predicted octanol–water partition coefficient (Wildman–Crippen LogP) is 2.86. The van der Waals surface area contributed by atoms with Crippen molar-refractivity contribution in [1.29, 1.82) is 0 Å². The average molecular weight is 235 g/mol. The minimum absolute atomic E-state index is 0.196. The number of carbonyl (C=O) groups is 1. The van der Waals surface area contributed by atoms with Gasteiger partial charge in [-0.25, -0.2) is 8.78 Å². The van der Waals surface area contributed by atoms with Gasteiger partial charge in [0, 0.05) is 5.02 Å². The maximum absolute atomic E-state index is 12.6. The summed E-state index contributed by atoms with van der Waals surface area (Å²) in [4.78, 5) is 11.1. The van der Waals surface area contributed by atoms with Crippen LogP contribution in [0.25, 0.3) is 0 Å². The van der Waals surface area contributed by atoms with Crippen molar-refractivity contribution in [3.8, 4) is 0 Å². The van der Waals surface area contributed by atoms with Crippen molar-refractivity contribution in [3.05, 3.63) is 34.9 Å². The third kappa shape index (κ3) is 2.89. The van der Waals surface area contributed by atoms with Crippen LogP contribution in [0.4, 0.5) is 8.78 Å². The molecule has 0 amide bonds. The number of methoxy groups -OCH3 is 1. The Balaban J connectivity index is 2.99. The Morgan fingerprint density at radius 1 is 1.33 bits per heavy atom. The predicted molar refractivity (Wildman–Crippen MR) is 52.2 cm³/mol. The number of hydrogen-bond acceptors (Lipinski definition) is 2. The zero-order valence-corrected chi connectivity index (χ0v) is 8.67. The van der Waals surface area contributed by atoms with E-state index in [2.05, 4.69) is 4.74 Å². The van der Waals surface area contributed by atoms with E-state index >= 15 is 0 Å². The maximum atomic E-state index is 12.6. The van der Waals surface area contributed by atoms with Crippen LogP contribution in [0.3, 0.4) is 0 Å². The molecule has 1 aromatic rings. The summed E-state index contributed by atoms with van der Waals surface area (Å²) in [5.41, 5.74) is 0.196. The second-order valence-electron chi connectivity index (χ2n) is 2.89. The van der Waals surface area contributed by atoms with Crippen molar-refractivity contribution in [2.24, 2.45) is 0 Å². The largest absolute Gasteiger partial charge is 0.468 e. The van der Waals surface area contributed by atoms with Gasteiger partial charge >= 0.3 is 5.97 Å². The van der Waals surface area contributed by atoms with E-state index in [9.17, 15) is 13.6 Å². The van der Waals surface area contributed by atoms with Gasteiger partial charge in [-0.3, -0.25) is 4.79 Å². The van der Waals surface area contributed by atoms with Gasteiger partial charge in [0.05, 0.1) is 7.11 Å². The maximum Gasteiger partial charge on any atom is 0.319 e. The van der Waals surface area contributed by atoms with E-state index in [1.54, 1.807) is 0 Å². The fourth-order valence-corrected chi connectivity index (χ4v) is 1.31. The smallest absolute Gasteiger partial charge is 0.319 e.